The standard InChI is InChI=1S/C19H14N2.C18H14OP.Ir/c1-3-9-16(10-4-1)20-15-21(17-11-5-2-6-12-17)19-14-8-7-13-18(19)20;19-20(16-10-4-1-5-11-16,17-12-6-2-7-13-17)18-14-8-3-9-15-18;/h1-11,13-15H;1-14H;/q-2;-1;+3. The second-order valence-corrected chi connectivity index (χ2v) is 12.2. The van der Waals surface area contributed by atoms with Crippen molar-refractivity contribution in [1.82, 2.24) is 0 Å². The summed E-state index contributed by atoms with van der Waals surface area (Å²) in [5.41, 5.74) is 4.55. The van der Waals surface area contributed by atoms with E-state index in [0.29, 0.717) is 0 Å². The van der Waals surface area contributed by atoms with Crippen molar-refractivity contribution < 1.29 is 24.7 Å². The number of para-hydroxylation sites is 4. The third kappa shape index (κ3) is 6.03. The number of hydrogen-bond donors (Lipinski definition) is 0. The summed E-state index contributed by atoms with van der Waals surface area (Å²) in [7, 11) is -2.83. The van der Waals surface area contributed by atoms with E-state index in [1.807, 2.05) is 109 Å². The molecule has 0 aliphatic carbocycles. The summed E-state index contributed by atoms with van der Waals surface area (Å²) in [5, 5.41) is 2.43. The molecule has 0 unspecified atom stereocenters. The molecule has 5 heteroatoms. The number of benzene rings is 6. The van der Waals surface area contributed by atoms with Gasteiger partial charge in [0.1, 0.15) is 7.14 Å². The molecular formula is C37H28IrN2OP. The average molecular weight is 740 g/mol. The number of anilines is 4. The van der Waals surface area contributed by atoms with Crippen molar-refractivity contribution in [3.63, 3.8) is 0 Å². The van der Waals surface area contributed by atoms with Crippen molar-refractivity contribution in [2.24, 2.45) is 0 Å². The van der Waals surface area contributed by atoms with Gasteiger partial charge in [-0.15, -0.1) is 12.4 Å². The molecule has 7 rings (SSSR count). The Balaban J connectivity index is 0.000000164. The SMILES string of the molecule is O=P(c1[c-]cccc1)(c1ccccc1)c1ccccc1.[Ir+3].[c-]1ccccc1N1[CH-]N(c2ccccc2)c2ccccc21. The fourth-order valence-corrected chi connectivity index (χ4v) is 7.51. The molecular weight excluding hydrogens is 712 g/mol. The van der Waals surface area contributed by atoms with Crippen LogP contribution in [-0.4, -0.2) is 0 Å². The zero-order valence-corrected chi connectivity index (χ0v) is 26.0. The van der Waals surface area contributed by atoms with Crippen LogP contribution < -0.4 is 25.7 Å². The Morgan fingerprint density at radius 3 is 1.50 bits per heavy atom. The molecule has 3 nitrogen and oxygen atoms in total. The molecule has 0 bridgehead atoms. The van der Waals surface area contributed by atoms with E-state index in [9.17, 15) is 4.57 Å². The molecule has 0 atom stereocenters. The molecule has 0 saturated carbocycles. The van der Waals surface area contributed by atoms with Gasteiger partial charge < -0.3 is 14.4 Å². The molecule has 0 saturated heterocycles. The third-order valence-electron chi connectivity index (χ3n) is 6.89. The van der Waals surface area contributed by atoms with Crippen LogP contribution in [0.25, 0.3) is 0 Å². The predicted molar refractivity (Wildman–Crippen MR) is 171 cm³/mol. The molecule has 42 heavy (non-hydrogen) atoms. The Hall–Kier alpha value is -4.20. The zero-order valence-electron chi connectivity index (χ0n) is 22.7. The van der Waals surface area contributed by atoms with Crippen molar-refractivity contribution >= 4 is 45.8 Å². The van der Waals surface area contributed by atoms with Crippen LogP contribution in [-0.2, 0) is 24.7 Å². The molecule has 1 aliphatic heterocycles. The summed E-state index contributed by atoms with van der Waals surface area (Å²) >= 11 is 0. The monoisotopic (exact) mass is 740 g/mol. The van der Waals surface area contributed by atoms with E-state index >= 15 is 0 Å². The van der Waals surface area contributed by atoms with Crippen molar-refractivity contribution in [2.75, 3.05) is 9.80 Å². The molecule has 0 fully saturated rings. The summed E-state index contributed by atoms with van der Waals surface area (Å²) in [4.78, 5) is 4.37. The maximum atomic E-state index is 13.8. The van der Waals surface area contributed by atoms with Gasteiger partial charge >= 0.3 is 20.1 Å². The van der Waals surface area contributed by atoms with E-state index in [0.717, 1.165) is 27.3 Å². The Bertz CT molecular complexity index is 1570. The van der Waals surface area contributed by atoms with Gasteiger partial charge in [-0.3, -0.25) is 0 Å². The quantitative estimate of drug-likeness (QED) is 0.132. The number of rotatable bonds is 5. The first-order valence-corrected chi connectivity index (χ1v) is 15.2. The van der Waals surface area contributed by atoms with Gasteiger partial charge in [-0.05, 0) is 24.3 Å². The van der Waals surface area contributed by atoms with Gasteiger partial charge in [0.25, 0.3) is 0 Å². The normalized spacial score (nSPS) is 12.0. The van der Waals surface area contributed by atoms with Crippen LogP contribution in [0.4, 0.5) is 22.7 Å². The van der Waals surface area contributed by atoms with Gasteiger partial charge in [0, 0.05) is 27.7 Å². The number of hydrogen-bond acceptors (Lipinski definition) is 3. The predicted octanol–water partition coefficient (Wildman–Crippen LogP) is 8.02. The molecule has 6 aromatic rings. The Labute approximate surface area is 261 Å². The molecule has 1 heterocycles. The first kappa shape index (κ1) is 29.3. The third-order valence-corrected chi connectivity index (χ3v) is 9.90. The fourth-order valence-electron chi connectivity index (χ4n) is 4.91. The van der Waals surface area contributed by atoms with Crippen molar-refractivity contribution in [3.05, 3.63) is 183 Å². The van der Waals surface area contributed by atoms with E-state index in [1.165, 1.54) is 11.4 Å². The van der Waals surface area contributed by atoms with E-state index in [4.69, 9.17) is 0 Å². The molecule has 1 aliphatic rings. The first-order chi connectivity index (χ1) is 20.2. The molecule has 0 amide bonds. The Morgan fingerprint density at radius 2 is 0.976 bits per heavy atom. The maximum absolute atomic E-state index is 13.8. The van der Waals surface area contributed by atoms with Gasteiger partial charge in [-0.25, -0.2) is 0 Å². The second kappa shape index (κ2) is 13.6. The summed E-state index contributed by atoms with van der Waals surface area (Å²) in [6, 6.07) is 60.0. The minimum Gasteiger partial charge on any atom is -0.493 e. The van der Waals surface area contributed by atoms with Crippen molar-refractivity contribution in [1.29, 1.82) is 0 Å². The largest absolute Gasteiger partial charge is 3.00 e. The fraction of sp³-hybridized carbons (Fsp3) is 0. The maximum Gasteiger partial charge on any atom is 3.00 e. The van der Waals surface area contributed by atoms with Gasteiger partial charge in [0.15, 0.2) is 0 Å². The summed E-state index contributed by atoms with van der Waals surface area (Å²) in [6.07, 6.45) is 0. The van der Waals surface area contributed by atoms with Crippen LogP contribution >= 0.6 is 7.14 Å². The van der Waals surface area contributed by atoms with E-state index < -0.39 is 7.14 Å². The molecule has 0 radical (unpaired) electrons. The van der Waals surface area contributed by atoms with Crippen LogP contribution in [0.5, 0.6) is 0 Å². The van der Waals surface area contributed by atoms with Crippen LogP contribution in [0, 0.1) is 18.8 Å². The van der Waals surface area contributed by atoms with Gasteiger partial charge in [0.2, 0.25) is 0 Å². The van der Waals surface area contributed by atoms with Crippen LogP contribution in [0.1, 0.15) is 0 Å². The van der Waals surface area contributed by atoms with Gasteiger partial charge in [-0.1, -0.05) is 96.3 Å². The smallest absolute Gasteiger partial charge is 0.493 e. The zero-order chi connectivity index (χ0) is 27.9. The molecule has 206 valence electrons. The van der Waals surface area contributed by atoms with Crippen molar-refractivity contribution in [3.8, 4) is 0 Å². The number of fused-ring (bicyclic) bond motifs is 1. The number of nitrogens with zero attached hydrogens (tertiary/aromatic N) is 2. The molecule has 6 aromatic carbocycles. The van der Waals surface area contributed by atoms with Gasteiger partial charge in [-0.2, -0.15) is 60.7 Å². The van der Waals surface area contributed by atoms with Crippen molar-refractivity contribution in [2.45, 2.75) is 0 Å². The van der Waals surface area contributed by atoms with E-state index in [2.05, 4.69) is 83.2 Å². The summed E-state index contributed by atoms with van der Waals surface area (Å²) in [6.45, 7) is 2.12. The summed E-state index contributed by atoms with van der Waals surface area (Å²) in [5.74, 6) is 0. The van der Waals surface area contributed by atoms with E-state index in [-0.39, 0.29) is 20.1 Å². The minimum absolute atomic E-state index is 0. The Morgan fingerprint density at radius 1 is 0.500 bits per heavy atom. The van der Waals surface area contributed by atoms with Crippen LogP contribution in [0.3, 0.4) is 0 Å². The Kier molecular flexibility index (Phi) is 9.52. The molecule has 0 aromatic heterocycles. The minimum atomic E-state index is -2.83. The van der Waals surface area contributed by atoms with Crippen LogP contribution in [0.15, 0.2) is 164 Å². The van der Waals surface area contributed by atoms with Crippen LogP contribution in [0.2, 0.25) is 0 Å². The topological polar surface area (TPSA) is 23.6 Å². The molecule has 0 N–H and O–H groups in total. The molecule has 0 spiro atoms. The first-order valence-electron chi connectivity index (χ1n) is 13.5. The summed E-state index contributed by atoms with van der Waals surface area (Å²) < 4.78 is 13.8. The van der Waals surface area contributed by atoms with E-state index in [1.54, 1.807) is 0 Å². The second-order valence-electron chi connectivity index (χ2n) is 9.46. The van der Waals surface area contributed by atoms with Gasteiger partial charge in [0.05, 0.1) is 0 Å². The average Bonchev–Trinajstić information content (AvgIpc) is 3.47.